The van der Waals surface area contributed by atoms with E-state index in [-0.39, 0.29) is 5.56 Å². The number of aromatic amines is 1. The van der Waals surface area contributed by atoms with E-state index >= 15 is 0 Å². The second-order valence-corrected chi connectivity index (χ2v) is 4.57. The van der Waals surface area contributed by atoms with Crippen LogP contribution in [0.1, 0.15) is 17.2 Å². The fraction of sp³-hybridized carbons (Fsp3) is 0.214. The van der Waals surface area contributed by atoms with Crippen LogP contribution in [0.25, 0.3) is 10.9 Å². The highest BCUT2D eigenvalue weighted by Gasteiger charge is 2.06. The van der Waals surface area contributed by atoms with E-state index in [1.54, 1.807) is 12.4 Å². The van der Waals surface area contributed by atoms with Gasteiger partial charge in [0.15, 0.2) is 0 Å². The molecule has 5 heteroatoms. The predicted molar refractivity (Wildman–Crippen MR) is 73.2 cm³/mol. The van der Waals surface area contributed by atoms with E-state index in [2.05, 4.69) is 15.0 Å². The van der Waals surface area contributed by atoms with Gasteiger partial charge in [-0.2, -0.15) is 0 Å². The molecule has 0 saturated heterocycles. The van der Waals surface area contributed by atoms with E-state index in [0.717, 1.165) is 16.9 Å². The molecule has 0 saturated carbocycles. The van der Waals surface area contributed by atoms with Crippen LogP contribution in [-0.2, 0) is 6.54 Å². The molecular formula is C14H14N4O. The van der Waals surface area contributed by atoms with Gasteiger partial charge < -0.3 is 9.55 Å². The number of benzene rings is 1. The SMILES string of the molecule is Cc1ncn(Cc2nc3ccccc3c(=O)[nH]2)c1C. The molecule has 96 valence electrons. The number of nitrogens with zero attached hydrogens (tertiary/aromatic N) is 3. The molecule has 0 fully saturated rings. The lowest BCUT2D eigenvalue weighted by Crippen LogP contribution is -2.14. The Bertz CT molecular complexity index is 801. The third kappa shape index (κ3) is 2.03. The topological polar surface area (TPSA) is 63.6 Å². The van der Waals surface area contributed by atoms with Crippen LogP contribution in [0.3, 0.4) is 0 Å². The third-order valence-electron chi connectivity index (χ3n) is 3.33. The van der Waals surface area contributed by atoms with Crippen molar-refractivity contribution in [3.05, 3.63) is 58.2 Å². The van der Waals surface area contributed by atoms with Crippen LogP contribution in [-0.4, -0.2) is 19.5 Å². The van der Waals surface area contributed by atoms with Gasteiger partial charge in [0.1, 0.15) is 5.82 Å². The molecule has 0 amide bonds. The van der Waals surface area contributed by atoms with E-state index < -0.39 is 0 Å². The van der Waals surface area contributed by atoms with Crippen molar-refractivity contribution in [2.24, 2.45) is 0 Å². The van der Waals surface area contributed by atoms with Gasteiger partial charge in [0, 0.05) is 5.69 Å². The van der Waals surface area contributed by atoms with Crippen molar-refractivity contribution in [3.8, 4) is 0 Å². The van der Waals surface area contributed by atoms with Crippen molar-refractivity contribution in [1.29, 1.82) is 0 Å². The van der Waals surface area contributed by atoms with Crippen molar-refractivity contribution in [1.82, 2.24) is 19.5 Å². The van der Waals surface area contributed by atoms with E-state index in [1.807, 2.05) is 36.6 Å². The molecule has 0 aliphatic heterocycles. The average molecular weight is 254 g/mol. The van der Waals surface area contributed by atoms with E-state index in [0.29, 0.717) is 17.8 Å². The Kier molecular flexibility index (Phi) is 2.67. The van der Waals surface area contributed by atoms with E-state index in [9.17, 15) is 4.79 Å². The Labute approximate surface area is 110 Å². The quantitative estimate of drug-likeness (QED) is 0.758. The fourth-order valence-corrected chi connectivity index (χ4v) is 2.07. The summed E-state index contributed by atoms with van der Waals surface area (Å²) in [7, 11) is 0. The smallest absolute Gasteiger partial charge is 0.258 e. The molecule has 3 aromatic rings. The molecule has 0 aliphatic carbocycles. The highest BCUT2D eigenvalue weighted by molar-refractivity contribution is 5.77. The van der Waals surface area contributed by atoms with Gasteiger partial charge in [0.05, 0.1) is 29.5 Å². The number of rotatable bonds is 2. The molecule has 0 radical (unpaired) electrons. The normalized spacial score (nSPS) is 11.1. The predicted octanol–water partition coefficient (Wildman–Crippen LogP) is 1.78. The Morgan fingerprint density at radius 2 is 2.05 bits per heavy atom. The van der Waals surface area contributed by atoms with Gasteiger partial charge in [-0.1, -0.05) is 12.1 Å². The Morgan fingerprint density at radius 3 is 2.79 bits per heavy atom. The van der Waals surface area contributed by atoms with Gasteiger partial charge in [-0.15, -0.1) is 0 Å². The second-order valence-electron chi connectivity index (χ2n) is 4.57. The zero-order valence-corrected chi connectivity index (χ0v) is 10.8. The Balaban J connectivity index is 2.07. The lowest BCUT2D eigenvalue weighted by molar-refractivity contribution is 0.723. The van der Waals surface area contributed by atoms with Gasteiger partial charge in [-0.05, 0) is 26.0 Å². The zero-order chi connectivity index (χ0) is 13.4. The fourth-order valence-electron chi connectivity index (χ4n) is 2.07. The molecule has 1 aromatic carbocycles. The van der Waals surface area contributed by atoms with Crippen LogP contribution in [0, 0.1) is 13.8 Å². The summed E-state index contributed by atoms with van der Waals surface area (Å²) in [5.74, 6) is 0.643. The average Bonchev–Trinajstić information content (AvgIpc) is 2.71. The number of H-pyrrole nitrogens is 1. The molecule has 0 bridgehead atoms. The minimum Gasteiger partial charge on any atom is -0.327 e. The maximum absolute atomic E-state index is 12.0. The van der Waals surface area contributed by atoms with Gasteiger partial charge in [0.25, 0.3) is 5.56 Å². The van der Waals surface area contributed by atoms with Gasteiger partial charge in [-0.25, -0.2) is 9.97 Å². The molecule has 0 atom stereocenters. The molecule has 2 aromatic heterocycles. The minimum absolute atomic E-state index is 0.102. The van der Waals surface area contributed by atoms with E-state index in [4.69, 9.17) is 0 Å². The number of aromatic nitrogens is 4. The zero-order valence-electron chi connectivity index (χ0n) is 10.8. The molecule has 0 aliphatic rings. The van der Waals surface area contributed by atoms with Crippen LogP contribution in [0.5, 0.6) is 0 Å². The van der Waals surface area contributed by atoms with Crippen LogP contribution in [0.2, 0.25) is 0 Å². The van der Waals surface area contributed by atoms with Crippen molar-refractivity contribution >= 4 is 10.9 Å². The van der Waals surface area contributed by atoms with Gasteiger partial charge in [0.2, 0.25) is 0 Å². The standard InChI is InChI=1S/C14H14N4O/c1-9-10(2)18(8-15-9)7-13-16-12-6-4-3-5-11(12)14(19)17-13/h3-6,8H,7H2,1-2H3,(H,16,17,19). The lowest BCUT2D eigenvalue weighted by atomic mass is 10.2. The molecular weight excluding hydrogens is 240 g/mol. The molecule has 0 spiro atoms. The highest BCUT2D eigenvalue weighted by atomic mass is 16.1. The summed E-state index contributed by atoms with van der Waals surface area (Å²) in [5.41, 5.74) is 2.68. The van der Waals surface area contributed by atoms with Crippen molar-refractivity contribution < 1.29 is 0 Å². The minimum atomic E-state index is -0.102. The van der Waals surface area contributed by atoms with E-state index in [1.165, 1.54) is 0 Å². The molecule has 3 rings (SSSR count). The van der Waals surface area contributed by atoms with Crippen molar-refractivity contribution in [2.45, 2.75) is 20.4 Å². The number of nitrogens with one attached hydrogen (secondary N) is 1. The first-order valence-electron chi connectivity index (χ1n) is 6.11. The summed E-state index contributed by atoms with van der Waals surface area (Å²) in [6.45, 7) is 4.48. The summed E-state index contributed by atoms with van der Waals surface area (Å²) in [4.78, 5) is 23.5. The molecule has 0 unspecified atom stereocenters. The van der Waals surface area contributed by atoms with Crippen LogP contribution >= 0.6 is 0 Å². The number of para-hydroxylation sites is 1. The first kappa shape index (κ1) is 11.6. The van der Waals surface area contributed by atoms with Crippen LogP contribution in [0.15, 0.2) is 35.4 Å². The monoisotopic (exact) mass is 254 g/mol. The maximum Gasteiger partial charge on any atom is 0.258 e. The number of aryl methyl sites for hydroxylation is 1. The van der Waals surface area contributed by atoms with Gasteiger partial charge in [-0.3, -0.25) is 4.79 Å². The first-order chi connectivity index (χ1) is 9.15. The summed E-state index contributed by atoms with van der Waals surface area (Å²) in [6.07, 6.45) is 1.76. The molecule has 2 heterocycles. The van der Waals surface area contributed by atoms with Gasteiger partial charge >= 0.3 is 0 Å². The second kappa shape index (κ2) is 4.35. The number of hydrogen-bond donors (Lipinski definition) is 1. The first-order valence-corrected chi connectivity index (χ1v) is 6.11. The summed E-state index contributed by atoms with van der Waals surface area (Å²) < 4.78 is 1.97. The number of imidazole rings is 1. The largest absolute Gasteiger partial charge is 0.327 e. The molecule has 5 nitrogen and oxygen atoms in total. The number of fused-ring (bicyclic) bond motifs is 1. The van der Waals surface area contributed by atoms with Crippen molar-refractivity contribution in [2.75, 3.05) is 0 Å². The van der Waals surface area contributed by atoms with Crippen LogP contribution < -0.4 is 5.56 Å². The molecule has 19 heavy (non-hydrogen) atoms. The summed E-state index contributed by atoms with van der Waals surface area (Å²) in [5, 5.41) is 0.616. The highest BCUT2D eigenvalue weighted by Crippen LogP contribution is 2.09. The Hall–Kier alpha value is -2.43. The van der Waals surface area contributed by atoms with Crippen LogP contribution in [0.4, 0.5) is 0 Å². The lowest BCUT2D eigenvalue weighted by Gasteiger charge is -2.06. The molecule has 1 N–H and O–H groups in total. The maximum atomic E-state index is 12.0. The third-order valence-corrected chi connectivity index (χ3v) is 3.33. The summed E-state index contributed by atoms with van der Waals surface area (Å²) in [6, 6.07) is 7.34. The number of hydrogen-bond acceptors (Lipinski definition) is 3. The summed E-state index contributed by atoms with van der Waals surface area (Å²) >= 11 is 0. The van der Waals surface area contributed by atoms with Crippen molar-refractivity contribution in [3.63, 3.8) is 0 Å². The Morgan fingerprint density at radius 1 is 1.26 bits per heavy atom.